The number of carbonyl (C=O) groups is 3. The van der Waals surface area contributed by atoms with Gasteiger partial charge in [-0.1, -0.05) is 39.3 Å². The predicted octanol–water partition coefficient (Wildman–Crippen LogP) is 5.70. The molecule has 0 radical (unpaired) electrons. The molecule has 1 aromatic carbocycles. The van der Waals surface area contributed by atoms with Crippen LogP contribution in [0.5, 0.6) is 11.5 Å². The van der Waals surface area contributed by atoms with E-state index in [1.54, 1.807) is 12.1 Å². The molecule has 7 atom stereocenters. The summed E-state index contributed by atoms with van der Waals surface area (Å²) in [6.45, 7) is 14.4. The van der Waals surface area contributed by atoms with Crippen LogP contribution in [0, 0.1) is 16.7 Å². The molecule has 2 aliphatic carbocycles. The highest BCUT2D eigenvalue weighted by Crippen LogP contribution is 2.63. The Bertz CT molecular complexity index is 1970. The quantitative estimate of drug-likeness (QED) is 0.205. The lowest BCUT2D eigenvalue weighted by Gasteiger charge is -2.35. The minimum atomic E-state index is -0.981. The van der Waals surface area contributed by atoms with Crippen LogP contribution in [-0.2, 0) is 19.1 Å². The average Bonchev–Trinajstić information content (AvgIpc) is 3.50. The van der Waals surface area contributed by atoms with Crippen molar-refractivity contribution in [2.45, 2.75) is 104 Å². The van der Waals surface area contributed by atoms with Crippen molar-refractivity contribution in [2.24, 2.45) is 22.5 Å². The van der Waals surface area contributed by atoms with Crippen molar-refractivity contribution in [3.8, 4) is 22.9 Å². The number of morpholine rings is 1. The van der Waals surface area contributed by atoms with E-state index in [1.807, 2.05) is 53.1 Å². The minimum Gasteiger partial charge on any atom is -0.490 e. The smallest absolute Gasteiger partial charge is 0.408 e. The molecule has 2 saturated carbocycles. The van der Waals surface area contributed by atoms with Crippen molar-refractivity contribution < 1.29 is 33.3 Å². The number of rotatable bonds is 12. The van der Waals surface area contributed by atoms with Gasteiger partial charge in [0, 0.05) is 35.8 Å². The number of likely N-dealkylation sites (tertiary alicyclic amines) is 1. The highest BCUT2D eigenvalue weighted by Gasteiger charge is 2.57. The summed E-state index contributed by atoms with van der Waals surface area (Å²) in [4.78, 5) is 53.8. The molecule has 3 amide bonds. The Labute approximate surface area is 337 Å². The molecule has 2 saturated heterocycles. The Morgan fingerprint density at radius 1 is 1.12 bits per heavy atom. The number of hydrogen-bond acceptors (Lipinski definition) is 12. The van der Waals surface area contributed by atoms with Gasteiger partial charge in [-0.15, -0.1) is 11.3 Å². The molecule has 4 fully saturated rings. The van der Waals surface area contributed by atoms with Crippen LogP contribution in [0.3, 0.4) is 0 Å². The van der Waals surface area contributed by atoms with E-state index in [1.165, 1.54) is 22.7 Å². The van der Waals surface area contributed by atoms with E-state index in [-0.39, 0.29) is 36.6 Å². The maximum atomic E-state index is 14.3. The molecule has 304 valence electrons. The molecule has 0 bridgehead atoms. The second-order valence-corrected chi connectivity index (χ2v) is 18.7. The summed E-state index contributed by atoms with van der Waals surface area (Å²) in [6.07, 6.45) is 1.53. The van der Waals surface area contributed by atoms with Crippen molar-refractivity contribution >= 4 is 56.9 Å². The second kappa shape index (κ2) is 15.8. The zero-order valence-corrected chi connectivity index (χ0v) is 34.8. The molecule has 56 heavy (non-hydrogen) atoms. The van der Waals surface area contributed by atoms with Gasteiger partial charge in [0.15, 0.2) is 5.13 Å². The van der Waals surface area contributed by atoms with Crippen LogP contribution in [0.2, 0.25) is 5.02 Å². The summed E-state index contributed by atoms with van der Waals surface area (Å²) in [5.74, 6) is 0.411. The maximum absolute atomic E-state index is 14.3. The third-order valence-electron chi connectivity index (χ3n) is 11.6. The molecule has 2 unspecified atom stereocenters. The number of alkyl carbamates (subject to hydrolysis) is 1. The first-order valence-corrected chi connectivity index (χ1v) is 20.7. The van der Waals surface area contributed by atoms with Crippen molar-refractivity contribution in [3.63, 3.8) is 0 Å². The molecule has 0 spiro atoms. The Hall–Kier alpha value is -3.92. The lowest BCUT2D eigenvalue weighted by molar-refractivity contribution is -0.141. The molecule has 7 rings (SSSR count). The van der Waals surface area contributed by atoms with Gasteiger partial charge in [-0.2, -0.15) is 0 Å². The van der Waals surface area contributed by atoms with Crippen LogP contribution in [-0.4, -0.2) is 114 Å². The lowest BCUT2D eigenvalue weighted by atomic mass is 9.85. The van der Waals surface area contributed by atoms with Crippen LogP contribution in [0.15, 0.2) is 23.6 Å². The van der Waals surface area contributed by atoms with E-state index < -0.39 is 41.5 Å². The topological polar surface area (TPSA) is 170 Å². The molecule has 4 heterocycles. The molecule has 4 N–H and O–H groups in total. The van der Waals surface area contributed by atoms with Crippen molar-refractivity contribution in [3.05, 3.63) is 28.6 Å². The molecule has 2 aromatic heterocycles. The van der Waals surface area contributed by atoms with E-state index >= 15 is 0 Å². The molecular weight excluding hydrogens is 758 g/mol. The largest absolute Gasteiger partial charge is 0.490 e. The number of ether oxygens (including phenoxy) is 4. The van der Waals surface area contributed by atoms with E-state index in [2.05, 4.69) is 22.5 Å². The number of carbonyl (C=O) groups excluding carboxylic acids is 3. The summed E-state index contributed by atoms with van der Waals surface area (Å²) in [7, 11) is 2.04. The van der Waals surface area contributed by atoms with E-state index in [0.29, 0.717) is 64.6 Å². The number of halogens is 1. The number of nitrogens with zero attached hydrogens (tertiary/aromatic N) is 4. The lowest BCUT2D eigenvalue weighted by Crippen LogP contribution is -2.57. The fourth-order valence-electron chi connectivity index (χ4n) is 8.18. The highest BCUT2D eigenvalue weighted by atomic mass is 35.5. The van der Waals surface area contributed by atoms with E-state index in [0.717, 1.165) is 24.5 Å². The number of primary amides is 1. The molecular formula is C40H54ClN7O7S. The van der Waals surface area contributed by atoms with Gasteiger partial charge in [-0.3, -0.25) is 14.5 Å². The standard InChI is InChI=1S/C40H54ClN7O7S/c1-21(2)43-37-45-28(20-56-37)27-14-31(26-8-9-30(32(41)33(26)44-27)53-19-23-18-52-11-10-47(23)7)54-25-13-29(35(42)49)48(17-25)36(50)34(39(3,4)5)46-38(51)55-24-12-22-15-40(22,6)16-24/h8-9,14,20-25,29,34H,10-13,15-19H2,1-7H3,(H2,42,49)(H,43,45)(H,46,51)/t22-,23-,24-,25?,29+,34-,40?/m1/s1. The second-order valence-electron chi connectivity index (χ2n) is 17.5. The maximum Gasteiger partial charge on any atom is 0.408 e. The number of nitrogens with two attached hydrogens (primary N) is 1. The fraction of sp³-hybridized carbons (Fsp3) is 0.625. The van der Waals surface area contributed by atoms with Crippen molar-refractivity contribution in [1.29, 1.82) is 0 Å². The first-order chi connectivity index (χ1) is 26.5. The number of benzene rings is 1. The number of thiazole rings is 1. The third-order valence-corrected chi connectivity index (χ3v) is 12.7. The van der Waals surface area contributed by atoms with Crippen LogP contribution in [0.25, 0.3) is 22.3 Å². The van der Waals surface area contributed by atoms with Gasteiger partial charge < -0.3 is 40.2 Å². The molecule has 2 aliphatic heterocycles. The van der Waals surface area contributed by atoms with Crippen molar-refractivity contribution in [2.75, 3.05) is 45.3 Å². The average molecular weight is 812 g/mol. The van der Waals surface area contributed by atoms with E-state index in [4.69, 9.17) is 46.3 Å². The summed E-state index contributed by atoms with van der Waals surface area (Å²) in [6, 6.07) is 3.76. The van der Waals surface area contributed by atoms with Gasteiger partial charge in [0.25, 0.3) is 0 Å². The van der Waals surface area contributed by atoms with Crippen LogP contribution >= 0.6 is 22.9 Å². The molecule has 3 aromatic rings. The van der Waals surface area contributed by atoms with E-state index in [9.17, 15) is 14.4 Å². The number of aromatic nitrogens is 2. The predicted molar refractivity (Wildman–Crippen MR) is 215 cm³/mol. The molecule has 16 heteroatoms. The van der Waals surface area contributed by atoms with Gasteiger partial charge in [-0.05, 0) is 69.0 Å². The number of amides is 3. The number of fused-ring (bicyclic) bond motifs is 2. The number of anilines is 1. The summed E-state index contributed by atoms with van der Waals surface area (Å²) in [5, 5.41) is 9.77. The normalized spacial score (nSPS) is 26.9. The Balaban J connectivity index is 1.14. The number of nitrogens with one attached hydrogen (secondary N) is 2. The first-order valence-electron chi connectivity index (χ1n) is 19.5. The SMILES string of the molecule is CC(C)Nc1nc(-c2cc(OC3C[C@@H](C(N)=O)N(C(=O)[C@@H](NC(=O)O[C@@H]4C[C@@H]5CC5(C)C4)C(C)(C)C)C3)c3ccc(OC[C@H]4COCCN4C)c(Cl)c3n2)cs1. The number of pyridine rings is 1. The van der Waals surface area contributed by atoms with Gasteiger partial charge in [0.2, 0.25) is 11.8 Å². The van der Waals surface area contributed by atoms with Crippen LogP contribution < -0.4 is 25.8 Å². The van der Waals surface area contributed by atoms with Gasteiger partial charge in [0.05, 0.1) is 37.0 Å². The zero-order chi connectivity index (χ0) is 40.1. The Kier molecular flexibility index (Phi) is 11.4. The molecule has 4 aliphatic rings. The zero-order valence-electron chi connectivity index (χ0n) is 33.2. The van der Waals surface area contributed by atoms with Crippen LogP contribution in [0.1, 0.15) is 67.2 Å². The highest BCUT2D eigenvalue weighted by molar-refractivity contribution is 7.14. The van der Waals surface area contributed by atoms with Gasteiger partial charge in [0.1, 0.15) is 53.1 Å². The Morgan fingerprint density at radius 2 is 1.91 bits per heavy atom. The Morgan fingerprint density at radius 3 is 2.59 bits per heavy atom. The van der Waals surface area contributed by atoms with Gasteiger partial charge >= 0.3 is 6.09 Å². The van der Waals surface area contributed by atoms with Gasteiger partial charge in [-0.25, -0.2) is 14.8 Å². The number of hydrogen-bond donors (Lipinski definition) is 3. The monoisotopic (exact) mass is 811 g/mol. The fourth-order valence-corrected chi connectivity index (χ4v) is 9.29. The summed E-state index contributed by atoms with van der Waals surface area (Å²) in [5.41, 5.74) is 7.08. The van der Waals surface area contributed by atoms with Crippen LogP contribution in [0.4, 0.5) is 9.93 Å². The van der Waals surface area contributed by atoms with Crippen molar-refractivity contribution in [1.82, 2.24) is 25.1 Å². The third kappa shape index (κ3) is 8.65. The number of likely N-dealkylation sites (N-methyl/N-ethyl adjacent to an activating group) is 1. The first kappa shape index (κ1) is 40.3. The summed E-state index contributed by atoms with van der Waals surface area (Å²) >= 11 is 8.52. The summed E-state index contributed by atoms with van der Waals surface area (Å²) < 4.78 is 24.4. The minimum absolute atomic E-state index is 0.0582. The molecule has 14 nitrogen and oxygen atoms in total.